The number of benzene rings is 2. The molecule has 2 amide bonds. The van der Waals surface area contributed by atoms with E-state index in [0.717, 1.165) is 89.9 Å². The number of likely N-dealkylation sites (tertiary alicyclic amines) is 2. The highest BCUT2D eigenvalue weighted by Gasteiger charge is 2.37. The number of imidazole rings is 2. The number of fused-ring (bicyclic) bond motifs is 2. The molecular weight excluding hydrogens is 566 g/mol. The highest BCUT2D eigenvalue weighted by molar-refractivity contribution is 5.94. The zero-order valence-corrected chi connectivity index (χ0v) is 24.8. The minimum absolute atomic E-state index is 0.0219. The second kappa shape index (κ2) is 11.5. The molecule has 0 saturated carbocycles. The summed E-state index contributed by atoms with van der Waals surface area (Å²) in [6.45, 7) is 2.09. The molecule has 226 valence electrons. The van der Waals surface area contributed by atoms with Gasteiger partial charge >= 0.3 is 0 Å². The molecule has 0 bridgehead atoms. The van der Waals surface area contributed by atoms with Gasteiger partial charge in [-0.2, -0.15) is 0 Å². The maximum absolute atomic E-state index is 13.2. The molecule has 3 atom stereocenters. The average molecular weight is 600 g/mol. The topological polar surface area (TPSA) is 120 Å². The van der Waals surface area contributed by atoms with E-state index in [-0.39, 0.29) is 30.0 Å². The number of amides is 2. The van der Waals surface area contributed by atoms with Gasteiger partial charge < -0.3 is 24.5 Å². The van der Waals surface area contributed by atoms with Gasteiger partial charge in [0.2, 0.25) is 0 Å². The first kappa shape index (κ1) is 27.5. The van der Waals surface area contributed by atoms with Crippen LogP contribution in [-0.2, 0) is 9.53 Å². The van der Waals surface area contributed by atoms with Crippen LogP contribution < -0.4 is 0 Å². The third-order valence-corrected chi connectivity index (χ3v) is 9.15. The number of hydrogen-bond acceptors (Lipinski definition) is 6. The van der Waals surface area contributed by atoms with Crippen LogP contribution in [0.5, 0.6) is 0 Å². The lowest BCUT2D eigenvalue weighted by Crippen LogP contribution is -2.38. The molecule has 6 heterocycles. The smallest absolute Gasteiger partial charge is 0.256 e. The Hall–Kier alpha value is -5.01. The van der Waals surface area contributed by atoms with Crippen molar-refractivity contribution in [2.45, 2.75) is 56.7 Å². The summed E-state index contributed by atoms with van der Waals surface area (Å²) in [5, 5.41) is 0. The second-order valence-electron chi connectivity index (χ2n) is 12.0. The normalized spacial score (nSPS) is 21.5. The third-order valence-electron chi connectivity index (χ3n) is 9.15. The van der Waals surface area contributed by atoms with Crippen LogP contribution in [0.15, 0.2) is 60.9 Å². The quantitative estimate of drug-likeness (QED) is 0.279. The minimum Gasteiger partial charge on any atom is -0.368 e. The lowest BCUT2D eigenvalue weighted by molar-refractivity contribution is -0.142. The largest absolute Gasteiger partial charge is 0.368 e. The fraction of sp³-hybridized carbons (Fsp3) is 0.343. The first-order chi connectivity index (χ1) is 22.1. The van der Waals surface area contributed by atoms with Crippen LogP contribution >= 0.6 is 0 Å². The molecule has 3 saturated heterocycles. The number of pyridine rings is 1. The number of carbonyl (C=O) groups is 2. The van der Waals surface area contributed by atoms with Crippen molar-refractivity contribution in [2.24, 2.45) is 0 Å². The highest BCUT2D eigenvalue weighted by Crippen LogP contribution is 2.34. The van der Waals surface area contributed by atoms with E-state index in [2.05, 4.69) is 26.8 Å². The van der Waals surface area contributed by atoms with Crippen LogP contribution in [0.1, 0.15) is 83.7 Å². The first-order valence-corrected chi connectivity index (χ1v) is 15.8. The second-order valence-corrected chi connectivity index (χ2v) is 12.0. The summed E-state index contributed by atoms with van der Waals surface area (Å²) in [4.78, 5) is 50.8. The van der Waals surface area contributed by atoms with E-state index in [4.69, 9.17) is 14.7 Å². The number of rotatable bonds is 4. The molecular formula is C35H33N7O3. The molecule has 0 radical (unpaired) electrons. The van der Waals surface area contributed by atoms with Gasteiger partial charge in [0, 0.05) is 43.2 Å². The molecule has 5 aromatic rings. The molecule has 45 heavy (non-hydrogen) atoms. The van der Waals surface area contributed by atoms with Gasteiger partial charge in [-0.25, -0.2) is 9.97 Å². The van der Waals surface area contributed by atoms with Crippen LogP contribution in [0.25, 0.3) is 22.1 Å². The number of ether oxygens (including phenoxy) is 1. The zero-order chi connectivity index (χ0) is 30.3. The minimum atomic E-state index is -0.316. The number of aromatic amines is 2. The summed E-state index contributed by atoms with van der Waals surface area (Å²) in [5.41, 5.74) is 5.83. The van der Waals surface area contributed by atoms with E-state index < -0.39 is 0 Å². The summed E-state index contributed by atoms with van der Waals surface area (Å²) in [6, 6.07) is 15.4. The standard InChI is InChI=1S/C35H33N7O3/c43-34(24-5-1-15-36-21-24)41-16-2-6-29(41)32-37-25-13-11-22(19-27(25)39-32)9-10-23-12-14-26-28(20-23)40-33(38-26)30-7-3-17-42(30)35(44)31-8-4-18-45-31/h1,5,11-15,19-21,29-31H,2-4,6-8,16-18H2,(H,37,39)(H,38,40)/t29-,30-,31+/m0/s1. The van der Waals surface area contributed by atoms with Crippen molar-refractivity contribution in [1.82, 2.24) is 34.7 Å². The molecule has 3 aliphatic heterocycles. The van der Waals surface area contributed by atoms with Crippen LogP contribution in [0.3, 0.4) is 0 Å². The van der Waals surface area contributed by atoms with Crippen LogP contribution in [0.4, 0.5) is 0 Å². The van der Waals surface area contributed by atoms with Crippen molar-refractivity contribution in [2.75, 3.05) is 19.7 Å². The number of nitrogens with one attached hydrogen (secondary N) is 2. The molecule has 3 fully saturated rings. The van der Waals surface area contributed by atoms with E-state index in [1.165, 1.54) is 0 Å². The Morgan fingerprint density at radius 3 is 2.31 bits per heavy atom. The fourth-order valence-corrected chi connectivity index (χ4v) is 6.89. The van der Waals surface area contributed by atoms with Crippen molar-refractivity contribution < 1.29 is 14.3 Å². The van der Waals surface area contributed by atoms with Crippen molar-refractivity contribution in [3.05, 3.63) is 89.3 Å². The summed E-state index contributed by atoms with van der Waals surface area (Å²) >= 11 is 0. The van der Waals surface area contributed by atoms with Crippen LogP contribution in [-0.4, -0.2) is 72.3 Å². The maximum atomic E-state index is 13.2. The van der Waals surface area contributed by atoms with Crippen molar-refractivity contribution in [3.63, 3.8) is 0 Å². The summed E-state index contributed by atoms with van der Waals surface area (Å²) in [5.74, 6) is 8.25. The Balaban J connectivity index is 1.00. The van der Waals surface area contributed by atoms with E-state index in [1.54, 1.807) is 24.5 Å². The molecule has 2 N–H and O–H groups in total. The number of aromatic nitrogens is 5. The Bertz CT molecular complexity index is 1960. The summed E-state index contributed by atoms with van der Waals surface area (Å²) in [7, 11) is 0. The Morgan fingerprint density at radius 2 is 1.53 bits per heavy atom. The van der Waals surface area contributed by atoms with Gasteiger partial charge in [0.1, 0.15) is 17.8 Å². The van der Waals surface area contributed by atoms with E-state index in [1.807, 2.05) is 46.2 Å². The summed E-state index contributed by atoms with van der Waals surface area (Å²) in [6.07, 6.45) is 8.35. The maximum Gasteiger partial charge on any atom is 0.256 e. The van der Waals surface area contributed by atoms with Gasteiger partial charge in [-0.05, 0) is 87.1 Å². The number of carbonyl (C=O) groups excluding carboxylic acids is 2. The van der Waals surface area contributed by atoms with Gasteiger partial charge in [-0.15, -0.1) is 0 Å². The lowest BCUT2D eigenvalue weighted by atomic mass is 10.1. The lowest BCUT2D eigenvalue weighted by Gasteiger charge is -2.25. The molecule has 3 aromatic heterocycles. The zero-order valence-electron chi connectivity index (χ0n) is 24.8. The monoisotopic (exact) mass is 599 g/mol. The van der Waals surface area contributed by atoms with Gasteiger partial charge in [0.25, 0.3) is 11.8 Å². The molecule has 10 heteroatoms. The Kier molecular flexibility index (Phi) is 7.03. The van der Waals surface area contributed by atoms with Gasteiger partial charge in [-0.1, -0.05) is 11.8 Å². The molecule has 0 spiro atoms. The first-order valence-electron chi connectivity index (χ1n) is 15.8. The molecule has 0 unspecified atom stereocenters. The van der Waals surface area contributed by atoms with Crippen molar-refractivity contribution in [1.29, 1.82) is 0 Å². The third kappa shape index (κ3) is 5.23. The van der Waals surface area contributed by atoms with E-state index in [9.17, 15) is 9.59 Å². The number of H-pyrrole nitrogens is 2. The molecule has 10 nitrogen and oxygen atoms in total. The SMILES string of the molecule is O=C(c1cccnc1)N1CCC[C@H]1c1nc2ccc(C#Cc3ccc4[nH]c([C@@H]5CCCN5C(=O)[C@H]5CCCO5)nc4c3)cc2[nH]1. The van der Waals surface area contributed by atoms with Crippen molar-refractivity contribution in [3.8, 4) is 11.8 Å². The molecule has 2 aromatic carbocycles. The fourth-order valence-electron chi connectivity index (χ4n) is 6.89. The average Bonchev–Trinajstić information content (AvgIpc) is 3.91. The van der Waals surface area contributed by atoms with Crippen LogP contribution in [0.2, 0.25) is 0 Å². The molecule has 3 aliphatic rings. The van der Waals surface area contributed by atoms with Gasteiger partial charge in [0.05, 0.1) is 39.7 Å². The molecule has 8 rings (SSSR count). The van der Waals surface area contributed by atoms with Crippen molar-refractivity contribution >= 4 is 33.9 Å². The predicted octanol–water partition coefficient (Wildman–Crippen LogP) is 5.05. The Morgan fingerprint density at radius 1 is 0.800 bits per heavy atom. The predicted molar refractivity (Wildman–Crippen MR) is 168 cm³/mol. The Labute approximate surface area is 260 Å². The number of nitrogens with zero attached hydrogens (tertiary/aromatic N) is 5. The van der Waals surface area contributed by atoms with Gasteiger partial charge in [-0.3, -0.25) is 14.6 Å². The van der Waals surface area contributed by atoms with E-state index >= 15 is 0 Å². The molecule has 0 aliphatic carbocycles. The van der Waals surface area contributed by atoms with E-state index in [0.29, 0.717) is 18.7 Å². The summed E-state index contributed by atoms with van der Waals surface area (Å²) < 4.78 is 5.67. The number of hydrogen-bond donors (Lipinski definition) is 2. The van der Waals surface area contributed by atoms with Crippen LogP contribution in [0, 0.1) is 11.8 Å². The highest BCUT2D eigenvalue weighted by atomic mass is 16.5. The van der Waals surface area contributed by atoms with Gasteiger partial charge in [0.15, 0.2) is 0 Å².